The summed E-state index contributed by atoms with van der Waals surface area (Å²) in [5, 5.41) is 8.63. The summed E-state index contributed by atoms with van der Waals surface area (Å²) in [6, 6.07) is 16.9. The highest BCUT2D eigenvalue weighted by Crippen LogP contribution is 2.20. The van der Waals surface area contributed by atoms with Gasteiger partial charge in [-0.05, 0) is 31.2 Å². The SMILES string of the molecule is CC1CN(c2ccccc2)C(=O)CN1C(=O)Cn1nc2ccccc2n1. The Morgan fingerprint density at radius 2 is 1.65 bits per heavy atom. The van der Waals surface area contributed by atoms with Gasteiger partial charge in [-0.15, -0.1) is 0 Å². The number of aromatic nitrogens is 3. The molecule has 7 heteroatoms. The minimum atomic E-state index is -0.154. The molecule has 1 fully saturated rings. The molecule has 3 aromatic rings. The molecule has 0 radical (unpaired) electrons. The van der Waals surface area contributed by atoms with Crippen molar-refractivity contribution < 1.29 is 9.59 Å². The van der Waals surface area contributed by atoms with Crippen LogP contribution in [0.25, 0.3) is 11.0 Å². The van der Waals surface area contributed by atoms with Gasteiger partial charge in [0.05, 0.1) is 0 Å². The van der Waals surface area contributed by atoms with E-state index in [-0.39, 0.29) is 30.9 Å². The van der Waals surface area contributed by atoms with Crippen molar-refractivity contribution in [2.24, 2.45) is 0 Å². The topological polar surface area (TPSA) is 71.3 Å². The van der Waals surface area contributed by atoms with Crippen molar-refractivity contribution in [3.05, 3.63) is 54.6 Å². The summed E-state index contributed by atoms with van der Waals surface area (Å²) in [7, 11) is 0. The molecule has 0 saturated carbocycles. The van der Waals surface area contributed by atoms with Crippen LogP contribution in [0.3, 0.4) is 0 Å². The lowest BCUT2D eigenvalue weighted by molar-refractivity contribution is -0.140. The predicted octanol–water partition coefficient (Wildman–Crippen LogP) is 1.70. The van der Waals surface area contributed by atoms with Crippen molar-refractivity contribution in [2.75, 3.05) is 18.0 Å². The van der Waals surface area contributed by atoms with Crippen LogP contribution in [0.5, 0.6) is 0 Å². The predicted molar refractivity (Wildman–Crippen MR) is 97.5 cm³/mol. The molecule has 4 rings (SSSR count). The van der Waals surface area contributed by atoms with Gasteiger partial charge in [0.2, 0.25) is 11.8 Å². The molecular formula is C19H19N5O2. The molecule has 2 amide bonds. The van der Waals surface area contributed by atoms with E-state index in [2.05, 4.69) is 10.2 Å². The molecule has 1 saturated heterocycles. The Labute approximate surface area is 150 Å². The van der Waals surface area contributed by atoms with E-state index in [0.717, 1.165) is 16.7 Å². The number of rotatable bonds is 3. The number of nitrogens with zero attached hydrogens (tertiary/aromatic N) is 5. The van der Waals surface area contributed by atoms with Crippen LogP contribution >= 0.6 is 0 Å². The van der Waals surface area contributed by atoms with Gasteiger partial charge in [0, 0.05) is 18.3 Å². The zero-order valence-corrected chi connectivity index (χ0v) is 14.4. The Morgan fingerprint density at radius 3 is 2.31 bits per heavy atom. The highest BCUT2D eigenvalue weighted by Gasteiger charge is 2.33. The van der Waals surface area contributed by atoms with Crippen LogP contribution in [0.15, 0.2) is 54.6 Å². The first-order valence-electron chi connectivity index (χ1n) is 8.56. The molecule has 0 bridgehead atoms. The van der Waals surface area contributed by atoms with Crippen molar-refractivity contribution in [1.29, 1.82) is 0 Å². The Morgan fingerprint density at radius 1 is 1.04 bits per heavy atom. The summed E-state index contributed by atoms with van der Waals surface area (Å²) >= 11 is 0. The average Bonchev–Trinajstić information content (AvgIpc) is 3.06. The molecule has 132 valence electrons. The van der Waals surface area contributed by atoms with Crippen molar-refractivity contribution in [1.82, 2.24) is 19.9 Å². The van der Waals surface area contributed by atoms with Gasteiger partial charge in [-0.3, -0.25) is 9.59 Å². The molecule has 1 aliphatic rings. The van der Waals surface area contributed by atoms with Crippen molar-refractivity contribution in [2.45, 2.75) is 19.5 Å². The fourth-order valence-electron chi connectivity index (χ4n) is 3.23. The maximum atomic E-state index is 12.7. The van der Waals surface area contributed by atoms with Crippen molar-refractivity contribution >= 4 is 28.5 Å². The molecule has 1 atom stereocenters. The number of fused-ring (bicyclic) bond motifs is 1. The van der Waals surface area contributed by atoms with Crippen LogP contribution < -0.4 is 4.90 Å². The van der Waals surface area contributed by atoms with E-state index in [4.69, 9.17) is 0 Å². The first-order chi connectivity index (χ1) is 12.6. The Kier molecular flexibility index (Phi) is 4.12. The normalized spacial score (nSPS) is 17.7. The second-order valence-electron chi connectivity index (χ2n) is 6.43. The van der Waals surface area contributed by atoms with Crippen LogP contribution in [-0.4, -0.2) is 50.8 Å². The summed E-state index contributed by atoms with van der Waals surface area (Å²) in [5.74, 6) is -0.236. The molecule has 7 nitrogen and oxygen atoms in total. The molecule has 0 aliphatic carbocycles. The quantitative estimate of drug-likeness (QED) is 0.721. The fourth-order valence-corrected chi connectivity index (χ4v) is 3.23. The third-order valence-corrected chi connectivity index (χ3v) is 4.58. The van der Waals surface area contributed by atoms with Gasteiger partial charge in [0.1, 0.15) is 24.1 Å². The van der Waals surface area contributed by atoms with Crippen LogP contribution in [0.2, 0.25) is 0 Å². The molecule has 0 spiro atoms. The number of anilines is 1. The Bertz CT molecular complexity index is 920. The van der Waals surface area contributed by atoms with Gasteiger partial charge >= 0.3 is 0 Å². The van der Waals surface area contributed by atoms with Gasteiger partial charge < -0.3 is 9.80 Å². The number of hydrogen-bond donors (Lipinski definition) is 0. The number of carbonyl (C=O) groups is 2. The van der Waals surface area contributed by atoms with E-state index < -0.39 is 0 Å². The zero-order valence-electron chi connectivity index (χ0n) is 14.4. The lowest BCUT2D eigenvalue weighted by Gasteiger charge is -2.39. The highest BCUT2D eigenvalue weighted by atomic mass is 16.2. The zero-order chi connectivity index (χ0) is 18.1. The molecule has 0 N–H and O–H groups in total. The largest absolute Gasteiger partial charge is 0.327 e. The highest BCUT2D eigenvalue weighted by molar-refractivity contribution is 5.98. The Balaban J connectivity index is 1.48. The maximum absolute atomic E-state index is 12.7. The van der Waals surface area contributed by atoms with E-state index in [1.165, 1.54) is 4.80 Å². The van der Waals surface area contributed by atoms with Crippen LogP contribution in [-0.2, 0) is 16.1 Å². The van der Waals surface area contributed by atoms with Gasteiger partial charge in [-0.1, -0.05) is 30.3 Å². The molecule has 1 aromatic heterocycles. The average molecular weight is 349 g/mol. The van der Waals surface area contributed by atoms with Gasteiger partial charge in [-0.25, -0.2) is 0 Å². The van der Waals surface area contributed by atoms with Crippen LogP contribution in [0.4, 0.5) is 5.69 Å². The number of benzene rings is 2. The fraction of sp³-hybridized carbons (Fsp3) is 0.263. The van der Waals surface area contributed by atoms with Crippen molar-refractivity contribution in [3.63, 3.8) is 0 Å². The third kappa shape index (κ3) is 3.03. The molecular weight excluding hydrogens is 330 g/mol. The van der Waals surface area contributed by atoms with E-state index in [9.17, 15) is 9.59 Å². The number of hydrogen-bond acceptors (Lipinski definition) is 4. The molecule has 26 heavy (non-hydrogen) atoms. The molecule has 2 aromatic carbocycles. The summed E-state index contributed by atoms with van der Waals surface area (Å²) in [6.07, 6.45) is 0. The molecule has 2 heterocycles. The maximum Gasteiger partial charge on any atom is 0.246 e. The first-order valence-corrected chi connectivity index (χ1v) is 8.56. The van der Waals surface area contributed by atoms with Gasteiger partial charge in [0.15, 0.2) is 0 Å². The third-order valence-electron chi connectivity index (χ3n) is 4.58. The van der Waals surface area contributed by atoms with Crippen LogP contribution in [0, 0.1) is 0 Å². The minimum absolute atomic E-state index is 0.0254. The van der Waals surface area contributed by atoms with Gasteiger partial charge in [-0.2, -0.15) is 15.0 Å². The number of carbonyl (C=O) groups excluding carboxylic acids is 2. The number of para-hydroxylation sites is 1. The van der Waals surface area contributed by atoms with E-state index in [1.807, 2.05) is 61.5 Å². The minimum Gasteiger partial charge on any atom is -0.327 e. The standard InChI is InChI=1S/C19H19N5O2/c1-14-11-23(15-7-3-2-4-8-15)18(25)12-22(14)19(26)13-24-20-16-9-5-6-10-17(16)21-24/h2-10,14H,11-13H2,1H3. The first kappa shape index (κ1) is 16.3. The second-order valence-corrected chi connectivity index (χ2v) is 6.43. The van der Waals surface area contributed by atoms with Gasteiger partial charge in [0.25, 0.3) is 0 Å². The summed E-state index contributed by atoms with van der Waals surface area (Å²) in [5.41, 5.74) is 2.35. The molecule has 1 unspecified atom stereocenters. The monoisotopic (exact) mass is 349 g/mol. The van der Waals surface area contributed by atoms with Crippen molar-refractivity contribution in [3.8, 4) is 0 Å². The summed E-state index contributed by atoms with van der Waals surface area (Å²) in [4.78, 5) is 30.0. The smallest absolute Gasteiger partial charge is 0.246 e. The molecule has 1 aliphatic heterocycles. The van der Waals surface area contributed by atoms with E-state index >= 15 is 0 Å². The number of piperazine rings is 1. The van der Waals surface area contributed by atoms with E-state index in [1.54, 1.807) is 9.80 Å². The van der Waals surface area contributed by atoms with E-state index in [0.29, 0.717) is 6.54 Å². The summed E-state index contributed by atoms with van der Waals surface area (Å²) < 4.78 is 0. The lowest BCUT2D eigenvalue weighted by Crippen LogP contribution is -2.57. The van der Waals surface area contributed by atoms with Crippen LogP contribution in [0.1, 0.15) is 6.92 Å². The summed E-state index contributed by atoms with van der Waals surface area (Å²) in [6.45, 7) is 2.52. The Hall–Kier alpha value is -3.22. The second kappa shape index (κ2) is 6.59. The number of amides is 2. The lowest BCUT2D eigenvalue weighted by atomic mass is 10.1.